The summed E-state index contributed by atoms with van der Waals surface area (Å²) in [7, 11) is 1.61. The largest absolute Gasteiger partial charge is 0.495 e. The Labute approximate surface area is 138 Å². The first-order valence-electron chi connectivity index (χ1n) is 6.78. The highest BCUT2D eigenvalue weighted by Gasteiger charge is 2.08. The van der Waals surface area contributed by atoms with Gasteiger partial charge in [-0.3, -0.25) is 0 Å². The Morgan fingerprint density at radius 2 is 1.95 bits per heavy atom. The van der Waals surface area contributed by atoms with Crippen molar-refractivity contribution in [3.8, 4) is 17.0 Å². The van der Waals surface area contributed by atoms with Crippen LogP contribution in [0.2, 0.25) is 5.02 Å². The van der Waals surface area contributed by atoms with Crippen molar-refractivity contribution in [1.82, 2.24) is 4.98 Å². The molecule has 0 bridgehead atoms. The van der Waals surface area contributed by atoms with Crippen LogP contribution in [0.3, 0.4) is 0 Å². The monoisotopic (exact) mass is 330 g/mol. The van der Waals surface area contributed by atoms with E-state index in [2.05, 4.69) is 4.98 Å². The number of hydrogen-bond donors (Lipinski definition) is 1. The van der Waals surface area contributed by atoms with Gasteiger partial charge < -0.3 is 10.5 Å². The van der Waals surface area contributed by atoms with E-state index < -0.39 is 0 Å². The molecule has 0 aliphatic heterocycles. The lowest BCUT2D eigenvalue weighted by Gasteiger charge is -2.05. The first-order valence-corrected chi connectivity index (χ1v) is 8.04. The second-order valence-corrected chi connectivity index (χ2v) is 6.27. The van der Waals surface area contributed by atoms with Crippen molar-refractivity contribution in [2.75, 3.05) is 12.8 Å². The molecule has 3 aromatic rings. The van der Waals surface area contributed by atoms with Crippen molar-refractivity contribution in [1.29, 1.82) is 0 Å². The van der Waals surface area contributed by atoms with E-state index in [0.29, 0.717) is 11.4 Å². The van der Waals surface area contributed by atoms with Crippen molar-refractivity contribution in [3.05, 3.63) is 63.4 Å². The fraction of sp³-hybridized carbons (Fsp3) is 0.118. The van der Waals surface area contributed by atoms with Gasteiger partial charge in [-0.25, -0.2) is 4.98 Å². The van der Waals surface area contributed by atoms with E-state index in [4.69, 9.17) is 22.1 Å². The number of nitrogen functional groups attached to an aromatic ring is 1. The molecule has 0 saturated heterocycles. The van der Waals surface area contributed by atoms with Crippen molar-refractivity contribution >= 4 is 28.6 Å². The van der Waals surface area contributed by atoms with Crippen molar-refractivity contribution in [2.45, 2.75) is 6.42 Å². The maximum atomic E-state index is 5.95. The molecule has 3 nitrogen and oxygen atoms in total. The smallest absolute Gasteiger partial charge is 0.141 e. The van der Waals surface area contributed by atoms with Crippen molar-refractivity contribution < 1.29 is 4.74 Å². The number of nitrogens with zero attached hydrogens (tertiary/aromatic N) is 1. The third-order valence-electron chi connectivity index (χ3n) is 3.35. The minimum atomic E-state index is 0.618. The molecule has 0 spiro atoms. The van der Waals surface area contributed by atoms with Crippen molar-refractivity contribution in [2.24, 2.45) is 0 Å². The predicted molar refractivity (Wildman–Crippen MR) is 92.8 cm³/mol. The molecule has 3 rings (SSSR count). The normalized spacial score (nSPS) is 10.6. The van der Waals surface area contributed by atoms with Crippen LogP contribution < -0.4 is 10.5 Å². The second-order valence-electron chi connectivity index (χ2n) is 4.89. The summed E-state index contributed by atoms with van der Waals surface area (Å²) in [5.41, 5.74) is 9.69. The molecule has 0 amide bonds. The second kappa shape index (κ2) is 6.38. The fourth-order valence-electron chi connectivity index (χ4n) is 2.20. The van der Waals surface area contributed by atoms with Gasteiger partial charge in [0.1, 0.15) is 5.75 Å². The van der Waals surface area contributed by atoms with Gasteiger partial charge in [0.05, 0.1) is 23.5 Å². The van der Waals surface area contributed by atoms with Gasteiger partial charge in [0.25, 0.3) is 0 Å². The average Bonchev–Trinajstić information content (AvgIpc) is 2.98. The van der Waals surface area contributed by atoms with Gasteiger partial charge in [0, 0.05) is 22.4 Å². The number of anilines is 1. The summed E-state index contributed by atoms with van der Waals surface area (Å²) < 4.78 is 5.18. The summed E-state index contributed by atoms with van der Waals surface area (Å²) in [6.07, 6.45) is 0.799. The molecule has 0 radical (unpaired) electrons. The molecule has 0 atom stereocenters. The molecular weight excluding hydrogens is 316 g/mol. The zero-order chi connectivity index (χ0) is 15.5. The number of methoxy groups -OCH3 is 1. The lowest BCUT2D eigenvalue weighted by atomic mass is 10.1. The van der Waals surface area contributed by atoms with Gasteiger partial charge in [-0.05, 0) is 35.9 Å². The zero-order valence-electron chi connectivity index (χ0n) is 12.0. The van der Waals surface area contributed by atoms with E-state index >= 15 is 0 Å². The Hall–Kier alpha value is -2.04. The number of nitrogens with two attached hydrogens (primary N) is 1. The third-order valence-corrected chi connectivity index (χ3v) is 4.45. The van der Waals surface area contributed by atoms with Gasteiger partial charge in [-0.1, -0.05) is 23.7 Å². The van der Waals surface area contributed by atoms with Crippen LogP contribution in [0.4, 0.5) is 5.69 Å². The Bertz CT molecular complexity index is 784. The number of rotatable bonds is 4. The summed E-state index contributed by atoms with van der Waals surface area (Å²) in [5.74, 6) is 0.681. The quantitative estimate of drug-likeness (QED) is 0.708. The van der Waals surface area contributed by atoms with Crippen LogP contribution in [0, 0.1) is 0 Å². The SMILES string of the molecule is COc1ccc(-c2csc(Cc3ccc(Cl)cc3)n2)cc1N. The molecule has 0 fully saturated rings. The minimum absolute atomic E-state index is 0.618. The van der Waals surface area contributed by atoms with E-state index in [-0.39, 0.29) is 0 Å². The molecule has 0 unspecified atom stereocenters. The van der Waals surface area contributed by atoms with E-state index in [9.17, 15) is 0 Å². The highest BCUT2D eigenvalue weighted by Crippen LogP contribution is 2.29. The Kier molecular flexibility index (Phi) is 4.32. The molecule has 5 heteroatoms. The Morgan fingerprint density at radius 3 is 2.64 bits per heavy atom. The summed E-state index contributed by atoms with van der Waals surface area (Å²) in [4.78, 5) is 4.68. The van der Waals surface area contributed by atoms with Crippen LogP contribution in [-0.4, -0.2) is 12.1 Å². The number of thiazole rings is 1. The van der Waals surface area contributed by atoms with Crippen molar-refractivity contribution in [3.63, 3.8) is 0 Å². The molecule has 0 saturated carbocycles. The summed E-state index contributed by atoms with van der Waals surface area (Å²) in [6, 6.07) is 13.6. The predicted octanol–water partition coefficient (Wildman–Crippen LogP) is 4.65. The van der Waals surface area contributed by atoms with Gasteiger partial charge in [-0.2, -0.15) is 0 Å². The Balaban J connectivity index is 1.81. The highest BCUT2D eigenvalue weighted by atomic mass is 35.5. The topological polar surface area (TPSA) is 48.1 Å². The molecule has 112 valence electrons. The molecule has 0 aliphatic carbocycles. The van der Waals surface area contributed by atoms with Gasteiger partial charge in [0.2, 0.25) is 0 Å². The molecular formula is C17H15ClN2OS. The Morgan fingerprint density at radius 1 is 1.18 bits per heavy atom. The van der Waals surface area contributed by atoms with Crippen LogP contribution in [-0.2, 0) is 6.42 Å². The summed E-state index contributed by atoms with van der Waals surface area (Å²) >= 11 is 7.55. The molecule has 1 aromatic heterocycles. The summed E-state index contributed by atoms with van der Waals surface area (Å²) in [6.45, 7) is 0. The lowest BCUT2D eigenvalue weighted by molar-refractivity contribution is 0.417. The van der Waals surface area contributed by atoms with E-state index in [1.807, 2.05) is 47.8 Å². The maximum Gasteiger partial charge on any atom is 0.141 e. The zero-order valence-corrected chi connectivity index (χ0v) is 13.6. The van der Waals surface area contributed by atoms with E-state index in [0.717, 1.165) is 27.7 Å². The number of ether oxygens (including phenoxy) is 1. The third kappa shape index (κ3) is 3.24. The molecule has 0 aliphatic rings. The van der Waals surface area contributed by atoms with Crippen LogP contribution in [0.1, 0.15) is 10.6 Å². The van der Waals surface area contributed by atoms with Crippen LogP contribution >= 0.6 is 22.9 Å². The molecule has 22 heavy (non-hydrogen) atoms. The van der Waals surface area contributed by atoms with E-state index in [1.165, 1.54) is 5.56 Å². The van der Waals surface area contributed by atoms with Gasteiger partial charge in [0.15, 0.2) is 0 Å². The number of halogens is 1. The molecule has 1 heterocycles. The minimum Gasteiger partial charge on any atom is -0.495 e. The lowest BCUT2D eigenvalue weighted by Crippen LogP contribution is -1.93. The first kappa shape index (κ1) is 14.9. The highest BCUT2D eigenvalue weighted by molar-refractivity contribution is 7.10. The average molecular weight is 331 g/mol. The summed E-state index contributed by atoms with van der Waals surface area (Å²) in [5, 5.41) is 3.86. The standard InChI is InChI=1S/C17H15ClN2OS/c1-21-16-7-4-12(9-14(16)19)15-10-22-17(20-15)8-11-2-5-13(18)6-3-11/h2-7,9-10H,8,19H2,1H3. The number of hydrogen-bond acceptors (Lipinski definition) is 4. The van der Waals surface area contributed by atoms with Crippen LogP contribution in [0.5, 0.6) is 5.75 Å². The van der Waals surface area contributed by atoms with Gasteiger partial charge >= 0.3 is 0 Å². The fourth-order valence-corrected chi connectivity index (χ4v) is 3.16. The number of aromatic nitrogens is 1. The van der Waals surface area contributed by atoms with Crippen LogP contribution in [0.25, 0.3) is 11.3 Å². The molecule has 2 N–H and O–H groups in total. The number of benzene rings is 2. The maximum absolute atomic E-state index is 5.95. The first-order chi connectivity index (χ1) is 10.7. The van der Waals surface area contributed by atoms with Crippen LogP contribution in [0.15, 0.2) is 47.8 Å². The molecule has 2 aromatic carbocycles. The van der Waals surface area contributed by atoms with Gasteiger partial charge in [-0.15, -0.1) is 11.3 Å². The van der Waals surface area contributed by atoms with E-state index in [1.54, 1.807) is 18.4 Å².